The van der Waals surface area contributed by atoms with Crippen LogP contribution in [0.15, 0.2) is 60.8 Å². The number of nitrogens with zero attached hydrogens (tertiary/aromatic N) is 2. The topological polar surface area (TPSA) is 62.7 Å². The number of fused-ring (bicyclic) bond motifs is 1. The summed E-state index contributed by atoms with van der Waals surface area (Å²) >= 11 is 0. The molecule has 0 amide bonds. The minimum atomic E-state index is -0.688. The molecule has 4 rings (SSSR count). The molecule has 1 aromatic heterocycles. The minimum absolute atomic E-state index is 0.0257. The number of para-hydroxylation sites is 1. The SMILES string of the molecule is COc1cccc(C(c2ccnc3ccccc23)N2CCC(C(=O)O)CC2)c1. The highest BCUT2D eigenvalue weighted by molar-refractivity contribution is 5.82. The molecule has 0 spiro atoms. The van der Waals surface area contributed by atoms with Gasteiger partial charge < -0.3 is 9.84 Å². The molecule has 3 aromatic rings. The number of carbonyl (C=O) groups is 1. The number of aromatic nitrogens is 1. The maximum atomic E-state index is 11.4. The summed E-state index contributed by atoms with van der Waals surface area (Å²) in [7, 11) is 1.67. The van der Waals surface area contributed by atoms with Gasteiger partial charge in [0, 0.05) is 11.6 Å². The fraction of sp³-hybridized carbons (Fsp3) is 0.304. The van der Waals surface area contributed by atoms with E-state index in [-0.39, 0.29) is 12.0 Å². The Labute approximate surface area is 164 Å². The van der Waals surface area contributed by atoms with Crippen LogP contribution in [0, 0.1) is 5.92 Å². The number of carboxylic acids is 1. The lowest BCUT2D eigenvalue weighted by Gasteiger charge is -2.37. The summed E-state index contributed by atoms with van der Waals surface area (Å²) < 4.78 is 5.46. The van der Waals surface area contributed by atoms with Gasteiger partial charge in [-0.15, -0.1) is 0 Å². The van der Waals surface area contributed by atoms with E-state index in [1.54, 1.807) is 7.11 Å². The Kier molecular flexibility index (Phi) is 5.26. The van der Waals surface area contributed by atoms with E-state index >= 15 is 0 Å². The van der Waals surface area contributed by atoms with Gasteiger partial charge in [0.05, 0.1) is 24.6 Å². The zero-order valence-electron chi connectivity index (χ0n) is 15.9. The first kappa shape index (κ1) is 18.4. The number of ether oxygens (including phenoxy) is 1. The molecule has 1 aliphatic rings. The number of piperidine rings is 1. The molecule has 1 N–H and O–H groups in total. The summed E-state index contributed by atoms with van der Waals surface area (Å²) in [6.45, 7) is 1.49. The van der Waals surface area contributed by atoms with E-state index in [1.807, 2.05) is 36.5 Å². The van der Waals surface area contributed by atoms with Crippen LogP contribution >= 0.6 is 0 Å². The van der Waals surface area contributed by atoms with Crippen molar-refractivity contribution in [3.05, 3.63) is 71.9 Å². The molecular formula is C23H24N2O3. The first-order chi connectivity index (χ1) is 13.7. The first-order valence-corrected chi connectivity index (χ1v) is 9.62. The van der Waals surface area contributed by atoms with Crippen molar-refractivity contribution in [1.29, 1.82) is 0 Å². The van der Waals surface area contributed by atoms with Crippen molar-refractivity contribution in [2.75, 3.05) is 20.2 Å². The number of aliphatic carboxylic acids is 1. The lowest BCUT2D eigenvalue weighted by Crippen LogP contribution is -2.39. The lowest BCUT2D eigenvalue weighted by molar-refractivity contribution is -0.143. The van der Waals surface area contributed by atoms with Crippen LogP contribution in [0.4, 0.5) is 0 Å². The van der Waals surface area contributed by atoms with Gasteiger partial charge in [0.2, 0.25) is 0 Å². The second kappa shape index (κ2) is 7.98. The van der Waals surface area contributed by atoms with E-state index < -0.39 is 5.97 Å². The summed E-state index contributed by atoms with van der Waals surface area (Å²) in [5, 5.41) is 10.5. The molecule has 1 unspecified atom stereocenters. The van der Waals surface area contributed by atoms with Crippen molar-refractivity contribution < 1.29 is 14.6 Å². The Morgan fingerprint density at radius 1 is 1.14 bits per heavy atom. The van der Waals surface area contributed by atoms with Crippen LogP contribution in [0.5, 0.6) is 5.75 Å². The van der Waals surface area contributed by atoms with Crippen molar-refractivity contribution in [1.82, 2.24) is 9.88 Å². The largest absolute Gasteiger partial charge is 0.497 e. The normalized spacial score (nSPS) is 16.8. The zero-order valence-corrected chi connectivity index (χ0v) is 15.9. The monoisotopic (exact) mass is 376 g/mol. The van der Waals surface area contributed by atoms with E-state index in [0.717, 1.165) is 35.3 Å². The van der Waals surface area contributed by atoms with Gasteiger partial charge in [0.25, 0.3) is 0 Å². The number of carboxylic acid groups (broad SMARTS) is 1. The van der Waals surface area contributed by atoms with Crippen molar-refractivity contribution >= 4 is 16.9 Å². The molecule has 0 saturated carbocycles. The van der Waals surface area contributed by atoms with E-state index in [0.29, 0.717) is 12.8 Å². The third kappa shape index (κ3) is 3.58. The fourth-order valence-corrected chi connectivity index (χ4v) is 4.16. The molecular weight excluding hydrogens is 352 g/mol. The summed E-state index contributed by atoms with van der Waals surface area (Å²) in [6.07, 6.45) is 3.19. The summed E-state index contributed by atoms with van der Waals surface area (Å²) in [5.74, 6) is -0.121. The standard InChI is InChI=1S/C23H24N2O3/c1-28-18-6-4-5-17(15-18)22(25-13-10-16(11-14-25)23(26)27)20-9-12-24-21-8-3-2-7-19(20)21/h2-9,12,15-16,22H,10-11,13-14H2,1H3,(H,26,27). The van der Waals surface area contributed by atoms with Crippen molar-refractivity contribution in [2.45, 2.75) is 18.9 Å². The molecule has 5 nitrogen and oxygen atoms in total. The van der Waals surface area contributed by atoms with E-state index in [1.165, 1.54) is 5.56 Å². The van der Waals surface area contributed by atoms with Crippen LogP contribution in [0.3, 0.4) is 0 Å². The smallest absolute Gasteiger partial charge is 0.306 e. The number of hydrogen-bond acceptors (Lipinski definition) is 4. The number of rotatable bonds is 5. The minimum Gasteiger partial charge on any atom is -0.497 e. The van der Waals surface area contributed by atoms with Crippen LogP contribution in [0.2, 0.25) is 0 Å². The number of methoxy groups -OCH3 is 1. The Bertz CT molecular complexity index is 975. The highest BCUT2D eigenvalue weighted by Gasteiger charge is 2.31. The van der Waals surface area contributed by atoms with Gasteiger partial charge in [-0.3, -0.25) is 14.7 Å². The van der Waals surface area contributed by atoms with E-state index in [2.05, 4.69) is 34.1 Å². The Morgan fingerprint density at radius 2 is 1.93 bits per heavy atom. The molecule has 28 heavy (non-hydrogen) atoms. The average Bonchev–Trinajstić information content (AvgIpc) is 2.75. The van der Waals surface area contributed by atoms with Gasteiger partial charge in [-0.1, -0.05) is 30.3 Å². The molecule has 2 aromatic carbocycles. The molecule has 5 heteroatoms. The lowest BCUT2D eigenvalue weighted by atomic mass is 9.90. The summed E-state index contributed by atoms with van der Waals surface area (Å²) in [5.41, 5.74) is 3.30. The van der Waals surface area contributed by atoms with E-state index in [4.69, 9.17) is 4.74 Å². The second-order valence-corrected chi connectivity index (χ2v) is 7.24. The summed E-state index contributed by atoms with van der Waals surface area (Å²) in [6, 6.07) is 18.4. The molecule has 0 aliphatic carbocycles. The Hall–Kier alpha value is -2.92. The maximum absolute atomic E-state index is 11.4. The Balaban J connectivity index is 1.79. The summed E-state index contributed by atoms with van der Waals surface area (Å²) in [4.78, 5) is 18.3. The van der Waals surface area contributed by atoms with Gasteiger partial charge in [-0.2, -0.15) is 0 Å². The number of pyridine rings is 1. The van der Waals surface area contributed by atoms with Crippen LogP contribution in [0.25, 0.3) is 10.9 Å². The molecule has 2 heterocycles. The quantitative estimate of drug-likeness (QED) is 0.725. The van der Waals surface area contributed by atoms with Crippen LogP contribution in [-0.4, -0.2) is 41.2 Å². The third-order valence-electron chi connectivity index (χ3n) is 5.63. The third-order valence-corrected chi connectivity index (χ3v) is 5.63. The molecule has 0 radical (unpaired) electrons. The van der Waals surface area contributed by atoms with Crippen molar-refractivity contribution in [3.63, 3.8) is 0 Å². The van der Waals surface area contributed by atoms with Crippen molar-refractivity contribution in [3.8, 4) is 5.75 Å². The van der Waals surface area contributed by atoms with Crippen LogP contribution in [-0.2, 0) is 4.79 Å². The molecule has 0 bridgehead atoms. The van der Waals surface area contributed by atoms with Crippen molar-refractivity contribution in [2.24, 2.45) is 5.92 Å². The highest BCUT2D eigenvalue weighted by atomic mass is 16.5. The van der Waals surface area contributed by atoms with Crippen LogP contribution < -0.4 is 4.74 Å². The predicted molar refractivity (Wildman–Crippen MR) is 109 cm³/mol. The second-order valence-electron chi connectivity index (χ2n) is 7.24. The molecule has 1 aliphatic heterocycles. The van der Waals surface area contributed by atoms with Gasteiger partial charge in [-0.25, -0.2) is 0 Å². The van der Waals surface area contributed by atoms with Gasteiger partial charge in [-0.05, 0) is 61.3 Å². The zero-order chi connectivity index (χ0) is 19.5. The first-order valence-electron chi connectivity index (χ1n) is 9.62. The van der Waals surface area contributed by atoms with Gasteiger partial charge in [0.15, 0.2) is 0 Å². The Morgan fingerprint density at radius 3 is 2.68 bits per heavy atom. The average molecular weight is 376 g/mol. The number of benzene rings is 2. The van der Waals surface area contributed by atoms with Crippen LogP contribution in [0.1, 0.15) is 30.0 Å². The molecule has 1 saturated heterocycles. The van der Waals surface area contributed by atoms with Gasteiger partial charge >= 0.3 is 5.97 Å². The highest BCUT2D eigenvalue weighted by Crippen LogP contribution is 2.36. The predicted octanol–water partition coefficient (Wildman–Crippen LogP) is 4.13. The molecule has 1 fully saturated rings. The van der Waals surface area contributed by atoms with Gasteiger partial charge in [0.1, 0.15) is 5.75 Å². The molecule has 144 valence electrons. The number of likely N-dealkylation sites (tertiary alicyclic amines) is 1. The number of hydrogen-bond donors (Lipinski definition) is 1. The van der Waals surface area contributed by atoms with E-state index in [9.17, 15) is 9.90 Å². The maximum Gasteiger partial charge on any atom is 0.306 e. The fourth-order valence-electron chi connectivity index (χ4n) is 4.16. The molecule has 1 atom stereocenters.